The summed E-state index contributed by atoms with van der Waals surface area (Å²) in [5.74, 6) is -1.92. The van der Waals surface area contributed by atoms with Crippen LogP contribution in [0.3, 0.4) is 0 Å². The Bertz CT molecular complexity index is 388. The Hall–Kier alpha value is -1.58. The zero-order valence-electron chi connectivity index (χ0n) is 9.80. The van der Waals surface area contributed by atoms with Crippen molar-refractivity contribution in [2.75, 3.05) is 0 Å². The van der Waals surface area contributed by atoms with Crippen LogP contribution in [0.5, 0.6) is 0 Å². The van der Waals surface area contributed by atoms with Crippen molar-refractivity contribution in [1.82, 2.24) is 5.32 Å². The summed E-state index contributed by atoms with van der Waals surface area (Å²) in [5, 5.41) is 12.0. The van der Waals surface area contributed by atoms with Crippen LogP contribution in [0.1, 0.15) is 13.3 Å². The van der Waals surface area contributed by atoms with Gasteiger partial charge >= 0.3 is 5.97 Å². The summed E-state index contributed by atoms with van der Waals surface area (Å²) in [7, 11) is 0. The highest BCUT2D eigenvalue weighted by Gasteiger charge is 2.51. The average molecular weight is 235 g/mol. The van der Waals surface area contributed by atoms with E-state index in [4.69, 9.17) is 0 Å². The van der Waals surface area contributed by atoms with Gasteiger partial charge in [0.15, 0.2) is 0 Å². The second kappa shape index (κ2) is 4.35. The van der Waals surface area contributed by atoms with Crippen molar-refractivity contribution in [3.05, 3.63) is 24.8 Å². The van der Waals surface area contributed by atoms with E-state index in [1.54, 1.807) is 6.08 Å². The molecule has 17 heavy (non-hydrogen) atoms. The van der Waals surface area contributed by atoms with Crippen LogP contribution < -0.4 is 5.32 Å². The fourth-order valence-corrected chi connectivity index (χ4v) is 2.90. The number of hydrogen-bond donors (Lipinski definition) is 2. The first kappa shape index (κ1) is 11.9. The average Bonchev–Trinajstić information content (AvgIpc) is 2.87. The molecule has 2 aliphatic carbocycles. The zero-order chi connectivity index (χ0) is 12.6. The number of carbonyl (C=O) groups is 2. The summed E-state index contributed by atoms with van der Waals surface area (Å²) >= 11 is 0. The molecule has 1 saturated carbocycles. The van der Waals surface area contributed by atoms with E-state index in [0.717, 1.165) is 6.42 Å². The minimum atomic E-state index is -0.867. The van der Waals surface area contributed by atoms with E-state index < -0.39 is 17.8 Å². The summed E-state index contributed by atoms with van der Waals surface area (Å²) in [5.41, 5.74) is 0. The van der Waals surface area contributed by atoms with Crippen molar-refractivity contribution in [1.29, 1.82) is 0 Å². The van der Waals surface area contributed by atoms with Crippen molar-refractivity contribution in [2.24, 2.45) is 23.7 Å². The quantitative estimate of drug-likeness (QED) is 0.719. The highest BCUT2D eigenvalue weighted by Crippen LogP contribution is 2.48. The third-order valence-corrected chi connectivity index (χ3v) is 3.77. The standard InChI is InChI=1S/C13H17NO3/c1-3-7(2)14-12(15)10-8-4-5-9(6-8)11(10)13(16)17/h3-5,7-11H,1,6H2,2H3,(H,14,15)(H,16,17). The van der Waals surface area contributed by atoms with Gasteiger partial charge in [-0.05, 0) is 25.2 Å². The molecule has 5 unspecified atom stereocenters. The predicted molar refractivity (Wildman–Crippen MR) is 63.2 cm³/mol. The molecule has 1 amide bonds. The Labute approximate surface area is 100 Å². The van der Waals surface area contributed by atoms with Crippen LogP contribution in [-0.4, -0.2) is 23.0 Å². The van der Waals surface area contributed by atoms with Gasteiger partial charge in [-0.2, -0.15) is 0 Å². The second-order valence-corrected chi connectivity index (χ2v) is 4.87. The van der Waals surface area contributed by atoms with Crippen LogP contribution in [-0.2, 0) is 9.59 Å². The molecule has 1 fully saturated rings. The molecule has 4 nitrogen and oxygen atoms in total. The molecule has 0 aromatic carbocycles. The van der Waals surface area contributed by atoms with E-state index in [1.807, 2.05) is 19.1 Å². The SMILES string of the molecule is C=CC(C)NC(=O)C1C2C=CC(C2)C1C(=O)O. The lowest BCUT2D eigenvalue weighted by atomic mass is 9.82. The normalized spacial score (nSPS) is 35.6. The first-order valence-corrected chi connectivity index (χ1v) is 5.88. The largest absolute Gasteiger partial charge is 0.481 e. The summed E-state index contributed by atoms with van der Waals surface area (Å²) in [6, 6.07) is -0.125. The van der Waals surface area contributed by atoms with Gasteiger partial charge < -0.3 is 10.4 Å². The molecule has 2 rings (SSSR count). The molecule has 2 N–H and O–H groups in total. The number of hydrogen-bond acceptors (Lipinski definition) is 2. The Morgan fingerprint density at radius 2 is 2.00 bits per heavy atom. The van der Waals surface area contributed by atoms with Crippen LogP contribution in [0.2, 0.25) is 0 Å². The summed E-state index contributed by atoms with van der Waals surface area (Å²) in [4.78, 5) is 23.3. The molecular weight excluding hydrogens is 218 g/mol. The topological polar surface area (TPSA) is 66.4 Å². The number of fused-ring (bicyclic) bond motifs is 2. The van der Waals surface area contributed by atoms with E-state index in [9.17, 15) is 14.7 Å². The lowest BCUT2D eigenvalue weighted by molar-refractivity contribution is -0.147. The highest BCUT2D eigenvalue weighted by atomic mass is 16.4. The predicted octanol–water partition coefficient (Wildman–Crippen LogP) is 1.20. The number of carboxylic acid groups (broad SMARTS) is 1. The molecule has 0 aliphatic heterocycles. The maximum atomic E-state index is 12.1. The molecule has 0 aromatic heterocycles. The lowest BCUT2D eigenvalue weighted by Crippen LogP contribution is -2.42. The van der Waals surface area contributed by atoms with Gasteiger partial charge in [0.2, 0.25) is 5.91 Å². The van der Waals surface area contributed by atoms with Gasteiger partial charge in [0, 0.05) is 6.04 Å². The number of carbonyl (C=O) groups excluding carboxylic acids is 1. The van der Waals surface area contributed by atoms with Crippen LogP contribution in [0.4, 0.5) is 0 Å². The first-order chi connectivity index (χ1) is 8.04. The fourth-order valence-electron chi connectivity index (χ4n) is 2.90. The van der Waals surface area contributed by atoms with Gasteiger partial charge in [-0.1, -0.05) is 18.2 Å². The Kier molecular flexibility index (Phi) is 3.05. The molecule has 4 heteroatoms. The minimum Gasteiger partial charge on any atom is -0.481 e. The molecule has 0 saturated heterocycles. The number of carboxylic acids is 1. The maximum Gasteiger partial charge on any atom is 0.307 e. The van der Waals surface area contributed by atoms with E-state index in [1.165, 1.54) is 0 Å². The molecule has 0 spiro atoms. The van der Waals surface area contributed by atoms with Gasteiger partial charge in [-0.25, -0.2) is 0 Å². The number of nitrogens with one attached hydrogen (secondary N) is 1. The van der Waals surface area contributed by atoms with Crippen LogP contribution >= 0.6 is 0 Å². The molecule has 92 valence electrons. The van der Waals surface area contributed by atoms with Gasteiger partial charge in [0.05, 0.1) is 11.8 Å². The molecular formula is C13H17NO3. The Morgan fingerprint density at radius 1 is 1.41 bits per heavy atom. The van der Waals surface area contributed by atoms with Crippen LogP contribution in [0.25, 0.3) is 0 Å². The molecule has 2 aliphatic rings. The van der Waals surface area contributed by atoms with E-state index in [2.05, 4.69) is 11.9 Å². The number of aliphatic carboxylic acids is 1. The number of allylic oxidation sites excluding steroid dienone is 2. The first-order valence-electron chi connectivity index (χ1n) is 5.88. The van der Waals surface area contributed by atoms with Gasteiger partial charge in [-0.15, -0.1) is 6.58 Å². The molecule has 0 aromatic rings. The lowest BCUT2D eigenvalue weighted by Gasteiger charge is -2.24. The van der Waals surface area contributed by atoms with E-state index in [-0.39, 0.29) is 23.8 Å². The van der Waals surface area contributed by atoms with Gasteiger partial charge in [-0.3, -0.25) is 9.59 Å². The summed E-state index contributed by atoms with van der Waals surface area (Å²) < 4.78 is 0. The summed E-state index contributed by atoms with van der Waals surface area (Å²) in [6.45, 7) is 5.42. The highest BCUT2D eigenvalue weighted by molar-refractivity contribution is 5.87. The van der Waals surface area contributed by atoms with Gasteiger partial charge in [0.1, 0.15) is 0 Å². The maximum absolute atomic E-state index is 12.1. The fraction of sp³-hybridized carbons (Fsp3) is 0.538. The Balaban J connectivity index is 2.14. The molecule has 0 radical (unpaired) electrons. The van der Waals surface area contributed by atoms with Crippen molar-refractivity contribution >= 4 is 11.9 Å². The van der Waals surface area contributed by atoms with Crippen molar-refractivity contribution in [3.63, 3.8) is 0 Å². The second-order valence-electron chi connectivity index (χ2n) is 4.87. The monoisotopic (exact) mass is 235 g/mol. The van der Waals surface area contributed by atoms with Crippen LogP contribution in [0.15, 0.2) is 24.8 Å². The van der Waals surface area contributed by atoms with E-state index >= 15 is 0 Å². The zero-order valence-corrected chi connectivity index (χ0v) is 9.80. The molecule has 5 atom stereocenters. The van der Waals surface area contributed by atoms with Crippen molar-refractivity contribution < 1.29 is 14.7 Å². The Morgan fingerprint density at radius 3 is 2.53 bits per heavy atom. The third-order valence-electron chi connectivity index (χ3n) is 3.77. The third kappa shape index (κ3) is 1.99. The van der Waals surface area contributed by atoms with E-state index in [0.29, 0.717) is 0 Å². The number of amides is 1. The van der Waals surface area contributed by atoms with Crippen molar-refractivity contribution in [2.45, 2.75) is 19.4 Å². The van der Waals surface area contributed by atoms with Gasteiger partial charge in [0.25, 0.3) is 0 Å². The molecule has 0 heterocycles. The number of rotatable bonds is 4. The smallest absolute Gasteiger partial charge is 0.307 e. The summed E-state index contributed by atoms with van der Waals surface area (Å²) in [6.07, 6.45) is 6.34. The molecule has 2 bridgehead atoms. The minimum absolute atomic E-state index is 0.0206. The van der Waals surface area contributed by atoms with Crippen molar-refractivity contribution in [3.8, 4) is 0 Å². The van der Waals surface area contributed by atoms with Crippen LogP contribution in [0, 0.1) is 23.7 Å².